The zero-order valence-electron chi connectivity index (χ0n) is 7.07. The van der Waals surface area contributed by atoms with Gasteiger partial charge in [-0.3, -0.25) is 0 Å². The first-order valence-electron chi connectivity index (χ1n) is 3.95. The SMILES string of the molecule is O=C(O)c1cc2cc(Br)ccc2cn1. The molecule has 3 nitrogen and oxygen atoms in total. The van der Waals surface area contributed by atoms with Crippen LogP contribution in [0.2, 0.25) is 0 Å². The van der Waals surface area contributed by atoms with E-state index in [-0.39, 0.29) is 5.69 Å². The number of rotatable bonds is 1. The van der Waals surface area contributed by atoms with Crippen molar-refractivity contribution in [3.8, 4) is 0 Å². The fourth-order valence-corrected chi connectivity index (χ4v) is 1.61. The molecule has 70 valence electrons. The van der Waals surface area contributed by atoms with E-state index in [1.54, 1.807) is 12.3 Å². The highest BCUT2D eigenvalue weighted by Gasteiger charge is 2.04. The molecule has 0 fully saturated rings. The van der Waals surface area contributed by atoms with Crippen LogP contribution in [0.3, 0.4) is 0 Å². The average Bonchev–Trinajstić information content (AvgIpc) is 2.16. The lowest BCUT2D eigenvalue weighted by atomic mass is 10.1. The number of pyridine rings is 1. The smallest absolute Gasteiger partial charge is 0.354 e. The Kier molecular flexibility index (Phi) is 2.21. The van der Waals surface area contributed by atoms with E-state index in [4.69, 9.17) is 5.11 Å². The van der Waals surface area contributed by atoms with E-state index < -0.39 is 5.97 Å². The first kappa shape index (κ1) is 9.15. The lowest BCUT2D eigenvalue weighted by Crippen LogP contribution is -1.98. The van der Waals surface area contributed by atoms with Crippen molar-refractivity contribution in [2.45, 2.75) is 0 Å². The number of hydrogen-bond donors (Lipinski definition) is 1. The van der Waals surface area contributed by atoms with Crippen molar-refractivity contribution in [3.05, 3.63) is 40.6 Å². The van der Waals surface area contributed by atoms with Gasteiger partial charge in [0.2, 0.25) is 0 Å². The van der Waals surface area contributed by atoms with Crippen LogP contribution in [0.4, 0.5) is 0 Å². The van der Waals surface area contributed by atoms with Crippen molar-refractivity contribution in [1.29, 1.82) is 0 Å². The number of carboxylic acid groups (broad SMARTS) is 1. The van der Waals surface area contributed by atoms with E-state index in [2.05, 4.69) is 20.9 Å². The molecular weight excluding hydrogens is 246 g/mol. The third-order valence-electron chi connectivity index (χ3n) is 1.90. The summed E-state index contributed by atoms with van der Waals surface area (Å²) in [6, 6.07) is 7.20. The summed E-state index contributed by atoms with van der Waals surface area (Å²) < 4.78 is 0.924. The van der Waals surface area contributed by atoms with E-state index >= 15 is 0 Å². The number of carbonyl (C=O) groups is 1. The number of halogens is 1. The molecule has 0 saturated carbocycles. The predicted molar refractivity (Wildman–Crippen MR) is 56.4 cm³/mol. The number of benzene rings is 1. The van der Waals surface area contributed by atoms with Gasteiger partial charge in [0.05, 0.1) is 0 Å². The molecule has 1 heterocycles. The maximum absolute atomic E-state index is 10.7. The number of hydrogen-bond acceptors (Lipinski definition) is 2. The van der Waals surface area contributed by atoms with E-state index in [0.29, 0.717) is 0 Å². The number of aromatic nitrogens is 1. The Morgan fingerprint density at radius 1 is 1.29 bits per heavy atom. The van der Waals surface area contributed by atoms with Gasteiger partial charge in [-0.1, -0.05) is 22.0 Å². The molecule has 14 heavy (non-hydrogen) atoms. The van der Waals surface area contributed by atoms with E-state index in [1.807, 2.05) is 18.2 Å². The average molecular weight is 252 g/mol. The molecule has 0 aliphatic rings. The van der Waals surface area contributed by atoms with Gasteiger partial charge in [0.15, 0.2) is 0 Å². The predicted octanol–water partition coefficient (Wildman–Crippen LogP) is 2.70. The summed E-state index contributed by atoms with van der Waals surface area (Å²) in [6.07, 6.45) is 1.56. The first-order valence-corrected chi connectivity index (χ1v) is 4.75. The van der Waals surface area contributed by atoms with Crippen LogP contribution in [0.15, 0.2) is 34.9 Å². The van der Waals surface area contributed by atoms with Crippen LogP contribution in [0.25, 0.3) is 10.8 Å². The summed E-state index contributed by atoms with van der Waals surface area (Å²) in [5.41, 5.74) is 0.0654. The maximum Gasteiger partial charge on any atom is 0.354 e. The quantitative estimate of drug-likeness (QED) is 0.848. The van der Waals surface area contributed by atoms with E-state index in [0.717, 1.165) is 15.2 Å². The van der Waals surface area contributed by atoms with Gasteiger partial charge in [0.1, 0.15) is 5.69 Å². The third-order valence-corrected chi connectivity index (χ3v) is 2.40. The summed E-state index contributed by atoms with van der Waals surface area (Å²) in [5.74, 6) is -1.01. The van der Waals surface area contributed by atoms with Crippen LogP contribution in [0.1, 0.15) is 10.5 Å². The van der Waals surface area contributed by atoms with Gasteiger partial charge >= 0.3 is 5.97 Å². The fourth-order valence-electron chi connectivity index (χ4n) is 1.23. The minimum absolute atomic E-state index is 0.0654. The Balaban J connectivity index is 2.69. The number of nitrogens with zero attached hydrogens (tertiary/aromatic N) is 1. The van der Waals surface area contributed by atoms with Gasteiger partial charge in [-0.15, -0.1) is 0 Å². The number of fused-ring (bicyclic) bond motifs is 1. The largest absolute Gasteiger partial charge is 0.477 e. The van der Waals surface area contributed by atoms with Gasteiger partial charge in [0, 0.05) is 16.1 Å². The molecule has 1 aromatic heterocycles. The molecule has 0 atom stereocenters. The summed E-state index contributed by atoms with van der Waals surface area (Å²) in [6.45, 7) is 0. The number of carboxylic acids is 1. The zero-order valence-corrected chi connectivity index (χ0v) is 8.65. The zero-order chi connectivity index (χ0) is 10.1. The van der Waals surface area contributed by atoms with E-state index in [1.165, 1.54) is 0 Å². The van der Waals surface area contributed by atoms with Crippen LogP contribution in [0.5, 0.6) is 0 Å². The van der Waals surface area contributed by atoms with Crippen molar-refractivity contribution in [3.63, 3.8) is 0 Å². The highest BCUT2D eigenvalue weighted by molar-refractivity contribution is 9.10. The molecule has 0 aliphatic carbocycles. The molecule has 4 heteroatoms. The fraction of sp³-hybridized carbons (Fsp3) is 0. The standard InChI is InChI=1S/C10H6BrNO2/c11-8-2-1-6-5-12-9(10(13)14)4-7(6)3-8/h1-5H,(H,13,14). The van der Waals surface area contributed by atoms with Crippen LogP contribution >= 0.6 is 15.9 Å². The lowest BCUT2D eigenvalue weighted by molar-refractivity contribution is 0.0691. The van der Waals surface area contributed by atoms with E-state index in [9.17, 15) is 4.79 Å². The summed E-state index contributed by atoms with van der Waals surface area (Å²) in [5, 5.41) is 10.5. The van der Waals surface area contributed by atoms with Crippen molar-refractivity contribution in [1.82, 2.24) is 4.98 Å². The molecule has 2 aromatic rings. The minimum Gasteiger partial charge on any atom is -0.477 e. The van der Waals surface area contributed by atoms with Gasteiger partial charge in [0.25, 0.3) is 0 Å². The second kappa shape index (κ2) is 3.38. The summed E-state index contributed by atoms with van der Waals surface area (Å²) >= 11 is 3.33. The Bertz CT molecular complexity index is 510. The van der Waals surface area contributed by atoms with Gasteiger partial charge in [-0.2, -0.15) is 0 Å². The molecule has 0 unspecified atom stereocenters. The molecule has 0 amide bonds. The highest BCUT2D eigenvalue weighted by atomic mass is 79.9. The van der Waals surface area contributed by atoms with Crippen LogP contribution < -0.4 is 0 Å². The van der Waals surface area contributed by atoms with Crippen LogP contribution in [-0.2, 0) is 0 Å². The van der Waals surface area contributed by atoms with Crippen molar-refractivity contribution < 1.29 is 9.90 Å². The minimum atomic E-state index is -1.01. The molecule has 1 N–H and O–H groups in total. The maximum atomic E-state index is 10.7. The normalized spacial score (nSPS) is 10.4. The topological polar surface area (TPSA) is 50.2 Å². The number of aromatic carboxylic acids is 1. The lowest BCUT2D eigenvalue weighted by Gasteiger charge is -1.99. The highest BCUT2D eigenvalue weighted by Crippen LogP contribution is 2.19. The molecule has 0 saturated heterocycles. The van der Waals surface area contributed by atoms with Crippen LogP contribution in [-0.4, -0.2) is 16.1 Å². The Morgan fingerprint density at radius 3 is 2.79 bits per heavy atom. The molecule has 0 spiro atoms. The molecule has 0 aliphatic heterocycles. The molecule has 2 rings (SSSR count). The Hall–Kier alpha value is -1.42. The Labute approximate surface area is 88.5 Å². The molecule has 1 aromatic carbocycles. The molecular formula is C10H6BrNO2. The van der Waals surface area contributed by atoms with Gasteiger partial charge in [-0.25, -0.2) is 9.78 Å². The summed E-state index contributed by atoms with van der Waals surface area (Å²) in [4.78, 5) is 14.5. The molecule has 0 bridgehead atoms. The van der Waals surface area contributed by atoms with Crippen molar-refractivity contribution in [2.75, 3.05) is 0 Å². The van der Waals surface area contributed by atoms with Crippen molar-refractivity contribution in [2.24, 2.45) is 0 Å². The second-order valence-corrected chi connectivity index (χ2v) is 3.78. The van der Waals surface area contributed by atoms with Gasteiger partial charge in [-0.05, 0) is 23.6 Å². The molecule has 0 radical (unpaired) electrons. The second-order valence-electron chi connectivity index (χ2n) is 2.87. The van der Waals surface area contributed by atoms with Crippen LogP contribution in [0, 0.1) is 0 Å². The first-order chi connectivity index (χ1) is 6.66. The van der Waals surface area contributed by atoms with Crippen molar-refractivity contribution >= 4 is 32.7 Å². The third kappa shape index (κ3) is 1.61. The summed E-state index contributed by atoms with van der Waals surface area (Å²) in [7, 11) is 0. The van der Waals surface area contributed by atoms with Gasteiger partial charge < -0.3 is 5.11 Å². The monoisotopic (exact) mass is 251 g/mol. The Morgan fingerprint density at radius 2 is 2.07 bits per heavy atom.